The summed E-state index contributed by atoms with van der Waals surface area (Å²) in [5.41, 5.74) is 4.46. The molecule has 0 radical (unpaired) electrons. The van der Waals surface area contributed by atoms with E-state index < -0.39 is 10.0 Å². The number of carbonyl (C=O) groups excluding carboxylic acids is 1. The molecule has 0 unspecified atom stereocenters. The first-order chi connectivity index (χ1) is 16.4. The second-order valence-electron chi connectivity index (χ2n) is 8.64. The first-order valence-corrected chi connectivity index (χ1v) is 12.7. The lowest BCUT2D eigenvalue weighted by molar-refractivity contribution is 0.102. The van der Waals surface area contributed by atoms with Gasteiger partial charge in [-0.25, -0.2) is 13.4 Å². The van der Waals surface area contributed by atoms with Crippen molar-refractivity contribution >= 4 is 27.3 Å². The van der Waals surface area contributed by atoms with E-state index in [1.807, 2.05) is 25.1 Å². The highest BCUT2D eigenvalue weighted by molar-refractivity contribution is 7.89. The molecule has 2 aromatic carbocycles. The van der Waals surface area contributed by atoms with Gasteiger partial charge in [0.1, 0.15) is 5.82 Å². The molecule has 1 saturated heterocycles. The predicted octanol–water partition coefficient (Wildman–Crippen LogP) is 3.40. The number of hydrogen-bond acceptors (Lipinski definition) is 6. The van der Waals surface area contributed by atoms with Gasteiger partial charge < -0.3 is 20.4 Å². The number of ether oxygens (including phenoxy) is 1. The smallest absolute Gasteiger partial charge is 0.255 e. The molecule has 0 atom stereocenters. The molecule has 34 heavy (non-hydrogen) atoms. The summed E-state index contributed by atoms with van der Waals surface area (Å²) in [6.45, 7) is 4.35. The van der Waals surface area contributed by atoms with Crippen LogP contribution in [0.2, 0.25) is 0 Å². The van der Waals surface area contributed by atoms with Crippen molar-refractivity contribution in [1.82, 2.24) is 14.3 Å². The summed E-state index contributed by atoms with van der Waals surface area (Å²) >= 11 is 0. The van der Waals surface area contributed by atoms with Gasteiger partial charge in [0, 0.05) is 30.0 Å². The second kappa shape index (κ2) is 9.21. The molecule has 2 aliphatic rings. The van der Waals surface area contributed by atoms with Crippen molar-refractivity contribution in [3.8, 4) is 0 Å². The minimum atomic E-state index is -3.70. The zero-order chi connectivity index (χ0) is 23.7. The summed E-state index contributed by atoms with van der Waals surface area (Å²) < 4.78 is 33.4. The topological polar surface area (TPSA) is 116 Å². The van der Waals surface area contributed by atoms with Crippen LogP contribution >= 0.6 is 0 Å². The SMILES string of the molecule is Cc1ncc(CNc2cc(C(=O)Nc3ccc4c(c3)COC4)cc(S(=O)(=O)N3CCCC3)c2)[nH]1. The maximum absolute atomic E-state index is 13.3. The van der Waals surface area contributed by atoms with Crippen LogP contribution < -0.4 is 10.6 Å². The number of imidazole rings is 1. The van der Waals surface area contributed by atoms with Gasteiger partial charge in [0.2, 0.25) is 10.0 Å². The van der Waals surface area contributed by atoms with Gasteiger partial charge in [-0.3, -0.25) is 4.79 Å². The number of aryl methyl sites for hydroxylation is 1. The van der Waals surface area contributed by atoms with Crippen molar-refractivity contribution in [2.24, 2.45) is 0 Å². The summed E-state index contributed by atoms with van der Waals surface area (Å²) in [4.78, 5) is 20.6. The van der Waals surface area contributed by atoms with Crippen LogP contribution in [-0.4, -0.2) is 41.7 Å². The van der Waals surface area contributed by atoms with Gasteiger partial charge in [-0.05, 0) is 61.2 Å². The number of amides is 1. The van der Waals surface area contributed by atoms with Crippen LogP contribution in [-0.2, 0) is 34.5 Å². The number of nitrogens with one attached hydrogen (secondary N) is 3. The summed E-state index contributed by atoms with van der Waals surface area (Å²) in [6, 6.07) is 10.4. The van der Waals surface area contributed by atoms with E-state index in [1.165, 1.54) is 10.4 Å². The van der Waals surface area contributed by atoms with Crippen LogP contribution in [0.3, 0.4) is 0 Å². The Morgan fingerprint density at radius 2 is 1.88 bits per heavy atom. The van der Waals surface area contributed by atoms with E-state index in [9.17, 15) is 13.2 Å². The Balaban J connectivity index is 1.43. The molecule has 0 spiro atoms. The summed E-state index contributed by atoms with van der Waals surface area (Å²) in [5, 5.41) is 6.11. The van der Waals surface area contributed by atoms with Gasteiger partial charge in [0.05, 0.1) is 36.5 Å². The van der Waals surface area contributed by atoms with Crippen LogP contribution in [0.1, 0.15) is 45.8 Å². The second-order valence-corrected chi connectivity index (χ2v) is 10.6. The van der Waals surface area contributed by atoms with Gasteiger partial charge in [0.25, 0.3) is 5.91 Å². The Bertz CT molecular complexity index is 1330. The van der Waals surface area contributed by atoms with E-state index in [1.54, 1.807) is 18.3 Å². The fraction of sp³-hybridized carbons (Fsp3) is 0.333. The zero-order valence-corrected chi connectivity index (χ0v) is 19.7. The minimum Gasteiger partial charge on any atom is -0.379 e. The molecule has 0 aliphatic carbocycles. The molecule has 178 valence electrons. The van der Waals surface area contributed by atoms with Gasteiger partial charge >= 0.3 is 0 Å². The molecular formula is C24H27N5O4S. The van der Waals surface area contributed by atoms with Crippen LogP contribution in [0.5, 0.6) is 0 Å². The van der Waals surface area contributed by atoms with E-state index in [-0.39, 0.29) is 16.4 Å². The van der Waals surface area contributed by atoms with E-state index in [0.29, 0.717) is 44.2 Å². The Hall–Kier alpha value is -3.21. The normalized spacial score (nSPS) is 15.9. The molecule has 3 heterocycles. The standard InChI is InChI=1S/C24H27N5O4S/c1-16-25-12-22(27-16)13-26-21-8-18(10-23(11-21)34(31,32)29-6-2-3-7-29)24(30)28-20-5-4-17-14-33-15-19(17)9-20/h4-5,8-12,26H,2-3,6-7,13-15H2,1H3,(H,25,27)(H,28,30). The van der Waals surface area contributed by atoms with E-state index in [2.05, 4.69) is 20.6 Å². The number of fused-ring (bicyclic) bond motifs is 1. The number of hydrogen-bond donors (Lipinski definition) is 3. The van der Waals surface area contributed by atoms with Crippen molar-refractivity contribution in [2.45, 2.75) is 44.4 Å². The van der Waals surface area contributed by atoms with Crippen molar-refractivity contribution < 1.29 is 17.9 Å². The van der Waals surface area contributed by atoms with E-state index >= 15 is 0 Å². The largest absolute Gasteiger partial charge is 0.379 e. The van der Waals surface area contributed by atoms with Gasteiger partial charge in [-0.15, -0.1) is 0 Å². The average molecular weight is 482 g/mol. The van der Waals surface area contributed by atoms with Gasteiger partial charge in [-0.2, -0.15) is 4.31 Å². The molecular weight excluding hydrogens is 454 g/mol. The first kappa shape index (κ1) is 22.6. The quantitative estimate of drug-likeness (QED) is 0.476. The van der Waals surface area contributed by atoms with Crippen LogP contribution in [0.25, 0.3) is 0 Å². The molecule has 1 aromatic heterocycles. The van der Waals surface area contributed by atoms with Crippen LogP contribution in [0.4, 0.5) is 11.4 Å². The molecule has 1 amide bonds. The molecule has 0 bridgehead atoms. The lowest BCUT2D eigenvalue weighted by Crippen LogP contribution is -2.28. The molecule has 2 aliphatic heterocycles. The highest BCUT2D eigenvalue weighted by atomic mass is 32.2. The molecule has 3 N–H and O–H groups in total. The first-order valence-electron chi connectivity index (χ1n) is 11.3. The van der Waals surface area contributed by atoms with E-state index in [4.69, 9.17) is 4.74 Å². The Morgan fingerprint density at radius 1 is 1.09 bits per heavy atom. The average Bonchev–Trinajstić information content (AvgIpc) is 3.59. The monoisotopic (exact) mass is 481 g/mol. The number of aromatic nitrogens is 2. The third-order valence-electron chi connectivity index (χ3n) is 6.09. The maximum Gasteiger partial charge on any atom is 0.255 e. The third-order valence-corrected chi connectivity index (χ3v) is 7.97. The fourth-order valence-corrected chi connectivity index (χ4v) is 5.86. The molecule has 10 heteroatoms. The zero-order valence-electron chi connectivity index (χ0n) is 18.9. The number of sulfonamides is 1. The van der Waals surface area contributed by atoms with Crippen LogP contribution in [0, 0.1) is 6.92 Å². The number of benzene rings is 2. The Morgan fingerprint density at radius 3 is 2.65 bits per heavy atom. The maximum atomic E-state index is 13.3. The van der Waals surface area contributed by atoms with Crippen molar-refractivity contribution in [1.29, 1.82) is 0 Å². The predicted molar refractivity (Wildman–Crippen MR) is 128 cm³/mol. The summed E-state index contributed by atoms with van der Waals surface area (Å²) in [7, 11) is -3.70. The lowest BCUT2D eigenvalue weighted by Gasteiger charge is -2.18. The number of rotatable bonds is 7. The summed E-state index contributed by atoms with van der Waals surface area (Å²) in [5.74, 6) is 0.416. The van der Waals surface area contributed by atoms with Crippen molar-refractivity contribution in [3.05, 3.63) is 70.8 Å². The molecule has 5 rings (SSSR count). The van der Waals surface area contributed by atoms with Gasteiger partial charge in [0.15, 0.2) is 0 Å². The third kappa shape index (κ3) is 4.70. The molecule has 1 fully saturated rings. The minimum absolute atomic E-state index is 0.104. The number of carbonyl (C=O) groups is 1. The lowest BCUT2D eigenvalue weighted by atomic mass is 10.1. The van der Waals surface area contributed by atoms with Gasteiger partial charge in [-0.1, -0.05) is 6.07 Å². The highest BCUT2D eigenvalue weighted by Crippen LogP contribution is 2.27. The van der Waals surface area contributed by atoms with Crippen molar-refractivity contribution in [2.75, 3.05) is 23.7 Å². The number of H-pyrrole nitrogens is 1. The molecule has 0 saturated carbocycles. The Labute approximate surface area is 198 Å². The van der Waals surface area contributed by atoms with Crippen molar-refractivity contribution in [3.63, 3.8) is 0 Å². The highest BCUT2D eigenvalue weighted by Gasteiger charge is 2.28. The molecule has 9 nitrogen and oxygen atoms in total. The van der Waals surface area contributed by atoms with Crippen LogP contribution in [0.15, 0.2) is 47.5 Å². The number of anilines is 2. The fourth-order valence-electron chi connectivity index (χ4n) is 4.27. The molecule has 3 aromatic rings. The number of nitrogens with zero attached hydrogens (tertiary/aromatic N) is 2. The van der Waals surface area contributed by atoms with E-state index in [0.717, 1.165) is 35.5 Å². The summed E-state index contributed by atoms with van der Waals surface area (Å²) in [6.07, 6.45) is 3.40. The Kier molecular flexibility index (Phi) is 6.11. The number of aromatic amines is 1.